The minimum atomic E-state index is -3.93. The number of benzene rings is 2. The summed E-state index contributed by atoms with van der Waals surface area (Å²) in [7, 11) is -3.93. The molecule has 8 heteroatoms. The minimum absolute atomic E-state index is 0.00283. The van der Waals surface area contributed by atoms with Gasteiger partial charge in [-0.1, -0.05) is 39.7 Å². The zero-order valence-corrected chi connectivity index (χ0v) is 14.9. The van der Waals surface area contributed by atoms with Gasteiger partial charge in [0.2, 0.25) is 10.0 Å². The van der Waals surface area contributed by atoms with Gasteiger partial charge in [-0.2, -0.15) is 4.72 Å². The molecule has 2 N–H and O–H groups in total. The highest BCUT2D eigenvalue weighted by Gasteiger charge is 2.25. The van der Waals surface area contributed by atoms with Crippen LogP contribution >= 0.6 is 27.5 Å². The number of nitrogens with one attached hydrogen (secondary N) is 1. The van der Waals surface area contributed by atoms with E-state index in [2.05, 4.69) is 20.7 Å². The van der Waals surface area contributed by atoms with Gasteiger partial charge in [-0.25, -0.2) is 8.42 Å². The van der Waals surface area contributed by atoms with E-state index in [9.17, 15) is 18.3 Å². The molecule has 1 atom stereocenters. The number of hydrogen-bond acceptors (Lipinski definition) is 3. The van der Waals surface area contributed by atoms with Crippen LogP contribution in [0.2, 0.25) is 5.02 Å². The molecule has 0 bridgehead atoms. The Hall–Kier alpha value is -1.41. The SMILES string of the molecule is O=C(O)[C@H](Cc1ccc(Cl)cc1)NS(=O)(=O)c1ccc(Br)cc1. The molecule has 0 aliphatic heterocycles. The van der Waals surface area contributed by atoms with Crippen molar-refractivity contribution in [3.63, 3.8) is 0 Å². The second-order valence-corrected chi connectivity index (χ2v) is 7.86. The summed E-state index contributed by atoms with van der Waals surface area (Å²) in [5.74, 6) is -1.25. The van der Waals surface area contributed by atoms with Gasteiger partial charge in [0, 0.05) is 9.50 Å². The molecule has 0 aliphatic rings. The van der Waals surface area contributed by atoms with Crippen molar-refractivity contribution in [3.05, 3.63) is 63.6 Å². The molecule has 2 aromatic rings. The molecule has 0 aliphatic carbocycles. The summed E-state index contributed by atoms with van der Waals surface area (Å²) >= 11 is 8.99. The number of carboxylic acid groups (broad SMARTS) is 1. The molecular formula is C15H13BrClNO4S. The van der Waals surface area contributed by atoms with Gasteiger partial charge in [0.25, 0.3) is 0 Å². The van der Waals surface area contributed by atoms with Crippen LogP contribution in [0.5, 0.6) is 0 Å². The molecule has 0 radical (unpaired) electrons. The van der Waals surface area contributed by atoms with Crippen molar-refractivity contribution in [2.24, 2.45) is 0 Å². The Morgan fingerprint density at radius 2 is 1.70 bits per heavy atom. The van der Waals surface area contributed by atoms with E-state index in [1.807, 2.05) is 0 Å². The highest BCUT2D eigenvalue weighted by atomic mass is 79.9. The summed E-state index contributed by atoms with van der Waals surface area (Å²) < 4.78 is 27.5. The van der Waals surface area contributed by atoms with E-state index in [0.29, 0.717) is 10.6 Å². The Morgan fingerprint density at radius 3 is 2.22 bits per heavy atom. The van der Waals surface area contributed by atoms with Gasteiger partial charge in [0.1, 0.15) is 6.04 Å². The van der Waals surface area contributed by atoms with Crippen molar-refractivity contribution in [1.29, 1.82) is 0 Å². The lowest BCUT2D eigenvalue weighted by atomic mass is 10.1. The molecular weight excluding hydrogens is 406 g/mol. The number of carbonyl (C=O) groups is 1. The Morgan fingerprint density at radius 1 is 1.13 bits per heavy atom. The third-order valence-electron chi connectivity index (χ3n) is 3.07. The van der Waals surface area contributed by atoms with Crippen LogP contribution in [0.1, 0.15) is 5.56 Å². The van der Waals surface area contributed by atoms with E-state index in [1.165, 1.54) is 12.1 Å². The van der Waals surface area contributed by atoms with Gasteiger partial charge >= 0.3 is 5.97 Å². The average Bonchev–Trinajstić information content (AvgIpc) is 2.49. The maximum atomic E-state index is 12.3. The van der Waals surface area contributed by atoms with E-state index < -0.39 is 22.0 Å². The molecule has 0 saturated heterocycles. The van der Waals surface area contributed by atoms with Crippen LogP contribution in [0.3, 0.4) is 0 Å². The van der Waals surface area contributed by atoms with Gasteiger partial charge in [0.15, 0.2) is 0 Å². The number of hydrogen-bond donors (Lipinski definition) is 2. The standard InChI is InChI=1S/C15H13BrClNO4S/c16-11-3-7-13(8-4-11)23(21,22)18-14(15(19)20)9-10-1-5-12(17)6-2-10/h1-8,14,18H,9H2,(H,19,20)/t14-/m0/s1. The van der Waals surface area contributed by atoms with Crippen LogP contribution < -0.4 is 4.72 Å². The summed E-state index contributed by atoms with van der Waals surface area (Å²) in [6, 6.07) is 11.2. The summed E-state index contributed by atoms with van der Waals surface area (Å²) in [6.45, 7) is 0. The van der Waals surface area contributed by atoms with Crippen molar-refractivity contribution < 1.29 is 18.3 Å². The van der Waals surface area contributed by atoms with E-state index in [1.54, 1.807) is 36.4 Å². The fourth-order valence-electron chi connectivity index (χ4n) is 1.90. The quantitative estimate of drug-likeness (QED) is 0.755. The predicted octanol–water partition coefficient (Wildman–Crippen LogP) is 3.08. The van der Waals surface area contributed by atoms with E-state index >= 15 is 0 Å². The van der Waals surface area contributed by atoms with E-state index in [4.69, 9.17) is 11.6 Å². The second kappa shape index (κ2) is 7.44. The molecule has 2 rings (SSSR count). The summed E-state index contributed by atoms with van der Waals surface area (Å²) in [5.41, 5.74) is 0.667. The van der Waals surface area contributed by atoms with Gasteiger partial charge in [-0.15, -0.1) is 0 Å². The van der Waals surface area contributed by atoms with Gasteiger partial charge < -0.3 is 5.11 Å². The van der Waals surface area contributed by atoms with Crippen LogP contribution in [-0.2, 0) is 21.2 Å². The third-order valence-corrected chi connectivity index (χ3v) is 5.34. The first-order chi connectivity index (χ1) is 10.8. The van der Waals surface area contributed by atoms with Gasteiger partial charge in [0.05, 0.1) is 4.90 Å². The lowest BCUT2D eigenvalue weighted by Gasteiger charge is -2.15. The van der Waals surface area contributed by atoms with Gasteiger partial charge in [-0.05, 0) is 48.4 Å². The molecule has 0 heterocycles. The van der Waals surface area contributed by atoms with Crippen molar-refractivity contribution >= 4 is 43.5 Å². The highest BCUT2D eigenvalue weighted by Crippen LogP contribution is 2.16. The van der Waals surface area contributed by atoms with Crippen LogP contribution in [0.4, 0.5) is 0 Å². The van der Waals surface area contributed by atoms with Crippen molar-refractivity contribution in [2.75, 3.05) is 0 Å². The Kier molecular flexibility index (Phi) is 5.80. The van der Waals surface area contributed by atoms with E-state index in [0.717, 1.165) is 4.47 Å². The smallest absolute Gasteiger partial charge is 0.322 e. The maximum absolute atomic E-state index is 12.3. The number of halogens is 2. The monoisotopic (exact) mass is 417 g/mol. The van der Waals surface area contributed by atoms with E-state index in [-0.39, 0.29) is 11.3 Å². The average molecular weight is 419 g/mol. The molecule has 0 unspecified atom stereocenters. The Balaban J connectivity index is 2.20. The number of rotatable bonds is 6. The van der Waals surface area contributed by atoms with Crippen LogP contribution in [-0.4, -0.2) is 25.5 Å². The molecule has 2 aromatic carbocycles. The zero-order valence-electron chi connectivity index (χ0n) is 11.7. The molecule has 0 saturated carbocycles. The molecule has 0 aromatic heterocycles. The van der Waals surface area contributed by atoms with Crippen LogP contribution in [0.15, 0.2) is 57.9 Å². The van der Waals surface area contributed by atoms with Crippen LogP contribution in [0.25, 0.3) is 0 Å². The minimum Gasteiger partial charge on any atom is -0.480 e. The number of sulfonamides is 1. The van der Waals surface area contributed by atoms with Crippen molar-refractivity contribution in [2.45, 2.75) is 17.4 Å². The summed E-state index contributed by atoms with van der Waals surface area (Å²) in [4.78, 5) is 11.4. The van der Waals surface area contributed by atoms with Gasteiger partial charge in [-0.3, -0.25) is 4.79 Å². The normalized spacial score (nSPS) is 12.8. The first-order valence-electron chi connectivity index (χ1n) is 6.53. The molecule has 23 heavy (non-hydrogen) atoms. The first-order valence-corrected chi connectivity index (χ1v) is 9.18. The molecule has 122 valence electrons. The molecule has 0 spiro atoms. The lowest BCUT2D eigenvalue weighted by molar-refractivity contribution is -0.138. The molecule has 5 nitrogen and oxygen atoms in total. The third kappa shape index (κ3) is 5.04. The summed E-state index contributed by atoms with van der Waals surface area (Å²) in [6.07, 6.45) is 0.0161. The Bertz CT molecular complexity index is 791. The molecule has 0 fully saturated rings. The number of carboxylic acids is 1. The van der Waals surface area contributed by atoms with Crippen molar-refractivity contribution in [1.82, 2.24) is 4.72 Å². The largest absolute Gasteiger partial charge is 0.480 e. The zero-order chi connectivity index (χ0) is 17.0. The fraction of sp³-hybridized carbons (Fsp3) is 0.133. The Labute approximate surface area is 147 Å². The maximum Gasteiger partial charge on any atom is 0.322 e. The van der Waals surface area contributed by atoms with Crippen LogP contribution in [0, 0.1) is 0 Å². The van der Waals surface area contributed by atoms with Crippen molar-refractivity contribution in [3.8, 4) is 0 Å². The molecule has 0 amide bonds. The highest BCUT2D eigenvalue weighted by molar-refractivity contribution is 9.10. The predicted molar refractivity (Wildman–Crippen MR) is 91.0 cm³/mol. The first kappa shape index (κ1) is 17.9. The fourth-order valence-corrected chi connectivity index (χ4v) is 3.48. The summed E-state index contributed by atoms with van der Waals surface area (Å²) in [5, 5.41) is 9.81. The number of aliphatic carboxylic acids is 1. The lowest BCUT2D eigenvalue weighted by Crippen LogP contribution is -2.42. The second-order valence-electron chi connectivity index (χ2n) is 4.80. The topological polar surface area (TPSA) is 83.5 Å².